The lowest BCUT2D eigenvalue weighted by molar-refractivity contribution is 0.0217. The van der Waals surface area contributed by atoms with E-state index < -0.39 is 5.60 Å². The molecule has 2 aromatic heterocycles. The van der Waals surface area contributed by atoms with Crippen molar-refractivity contribution in [3.8, 4) is 0 Å². The first kappa shape index (κ1) is 20.4. The molecule has 1 fully saturated rings. The molecule has 1 aliphatic heterocycles. The van der Waals surface area contributed by atoms with Gasteiger partial charge in [0.05, 0.1) is 6.04 Å². The van der Waals surface area contributed by atoms with Crippen LogP contribution < -0.4 is 0 Å². The second-order valence-electron chi connectivity index (χ2n) is 7.87. The third kappa shape index (κ3) is 4.67. The number of ether oxygens (including phenoxy) is 1. The number of hydrogen-bond acceptors (Lipinski definition) is 7. The first-order valence-electron chi connectivity index (χ1n) is 9.39. The summed E-state index contributed by atoms with van der Waals surface area (Å²) in [5, 5.41) is 14.0. The van der Waals surface area contributed by atoms with Gasteiger partial charge in [-0.25, -0.2) is 4.79 Å². The molecular formula is C19H22ClN5O2S2. The van der Waals surface area contributed by atoms with Gasteiger partial charge in [0, 0.05) is 17.3 Å². The number of halogens is 1. The number of thioether (sulfide) groups is 1. The van der Waals surface area contributed by atoms with Crippen LogP contribution in [0.4, 0.5) is 4.79 Å². The van der Waals surface area contributed by atoms with Gasteiger partial charge in [-0.3, -0.25) is 4.90 Å². The van der Waals surface area contributed by atoms with E-state index in [9.17, 15) is 4.79 Å². The van der Waals surface area contributed by atoms with E-state index in [4.69, 9.17) is 16.3 Å². The lowest BCUT2D eigenvalue weighted by Crippen LogP contribution is -2.37. The smallest absolute Gasteiger partial charge is 0.410 e. The van der Waals surface area contributed by atoms with Crippen molar-refractivity contribution in [3.05, 3.63) is 40.7 Å². The van der Waals surface area contributed by atoms with E-state index in [2.05, 4.69) is 15.3 Å². The Morgan fingerprint density at radius 1 is 1.38 bits per heavy atom. The third-order valence-corrected chi connectivity index (χ3v) is 6.76. The fourth-order valence-electron chi connectivity index (χ4n) is 3.23. The zero-order valence-corrected chi connectivity index (χ0v) is 18.9. The van der Waals surface area contributed by atoms with Gasteiger partial charge in [-0.1, -0.05) is 46.8 Å². The van der Waals surface area contributed by atoms with Crippen molar-refractivity contribution in [3.63, 3.8) is 0 Å². The summed E-state index contributed by atoms with van der Waals surface area (Å²) in [6.07, 6.45) is 1.41. The minimum Gasteiger partial charge on any atom is -0.444 e. The number of carbonyl (C=O) groups is 1. The lowest BCUT2D eigenvalue weighted by Gasteiger charge is -2.27. The summed E-state index contributed by atoms with van der Waals surface area (Å²) in [7, 11) is 0. The summed E-state index contributed by atoms with van der Waals surface area (Å²) in [6, 6.07) is 7.63. The molecule has 7 nitrogen and oxygen atoms in total. The highest BCUT2D eigenvalue weighted by Crippen LogP contribution is 2.34. The van der Waals surface area contributed by atoms with Gasteiger partial charge >= 0.3 is 6.09 Å². The first-order chi connectivity index (χ1) is 13.8. The highest BCUT2D eigenvalue weighted by Gasteiger charge is 2.36. The molecule has 29 heavy (non-hydrogen) atoms. The maximum atomic E-state index is 12.6. The fourth-order valence-corrected chi connectivity index (χ4v) is 5.27. The van der Waals surface area contributed by atoms with Crippen LogP contribution in [0.15, 0.2) is 28.6 Å². The van der Waals surface area contributed by atoms with Gasteiger partial charge in [0.1, 0.15) is 5.60 Å². The van der Waals surface area contributed by atoms with Crippen LogP contribution in [0.25, 0.3) is 4.96 Å². The molecule has 1 unspecified atom stereocenters. The highest BCUT2D eigenvalue weighted by atomic mass is 35.5. The Morgan fingerprint density at radius 2 is 2.21 bits per heavy atom. The first-order valence-corrected chi connectivity index (χ1v) is 11.6. The van der Waals surface area contributed by atoms with Crippen molar-refractivity contribution in [1.82, 2.24) is 24.7 Å². The van der Waals surface area contributed by atoms with Crippen LogP contribution in [0.1, 0.15) is 51.0 Å². The number of rotatable bonds is 4. The van der Waals surface area contributed by atoms with E-state index in [1.807, 2.05) is 45.0 Å². The Kier molecular flexibility index (Phi) is 5.72. The molecule has 3 aromatic rings. The molecule has 1 amide bonds. The average molecular weight is 452 g/mol. The minimum absolute atomic E-state index is 0.173. The molecule has 1 aliphatic rings. The van der Waals surface area contributed by atoms with Gasteiger partial charge < -0.3 is 4.74 Å². The molecule has 0 aliphatic carbocycles. The molecule has 0 spiro atoms. The third-order valence-electron chi connectivity index (χ3n) is 4.43. The molecule has 0 N–H and O–H groups in total. The standard InChI is InChI=1S/C19H22ClN5O2S2/c1-19(2,3)27-18(26)24-9-5-8-14(24)15-21-22-16-25(15)23-17(29-16)28-11-12-6-4-7-13(20)10-12/h4,6-7,10,14H,5,8-9,11H2,1-3H3. The number of hydrogen-bond donors (Lipinski definition) is 0. The van der Waals surface area contributed by atoms with Gasteiger partial charge in [-0.15, -0.1) is 15.3 Å². The monoisotopic (exact) mass is 451 g/mol. The molecule has 1 aromatic carbocycles. The van der Waals surface area contributed by atoms with E-state index in [0.29, 0.717) is 12.4 Å². The lowest BCUT2D eigenvalue weighted by atomic mass is 10.2. The summed E-state index contributed by atoms with van der Waals surface area (Å²) in [4.78, 5) is 15.1. The van der Waals surface area contributed by atoms with Gasteiger partial charge in [-0.2, -0.15) is 4.52 Å². The molecule has 154 valence electrons. The number of aromatic nitrogens is 4. The molecular weight excluding hydrogens is 430 g/mol. The topological polar surface area (TPSA) is 72.6 Å². The zero-order chi connectivity index (χ0) is 20.6. The molecule has 0 saturated carbocycles. The van der Waals surface area contributed by atoms with E-state index in [1.165, 1.54) is 11.3 Å². The summed E-state index contributed by atoms with van der Waals surface area (Å²) >= 11 is 9.19. The van der Waals surface area contributed by atoms with Gasteiger partial charge in [-0.05, 0) is 51.3 Å². The van der Waals surface area contributed by atoms with Crippen LogP contribution in [-0.4, -0.2) is 43.0 Å². The van der Waals surface area contributed by atoms with Gasteiger partial charge in [0.15, 0.2) is 10.2 Å². The van der Waals surface area contributed by atoms with Crippen LogP contribution in [-0.2, 0) is 10.5 Å². The van der Waals surface area contributed by atoms with Crippen molar-refractivity contribution in [1.29, 1.82) is 0 Å². The minimum atomic E-state index is -0.533. The summed E-state index contributed by atoms with van der Waals surface area (Å²) in [5.74, 6) is 1.46. The number of nitrogens with zero attached hydrogens (tertiary/aromatic N) is 5. The van der Waals surface area contributed by atoms with Crippen LogP contribution in [0.2, 0.25) is 5.02 Å². The Labute approximate surface area is 182 Å². The largest absolute Gasteiger partial charge is 0.444 e. The van der Waals surface area contributed by atoms with Crippen LogP contribution in [0, 0.1) is 0 Å². The molecule has 0 radical (unpaired) electrons. The number of fused-ring (bicyclic) bond motifs is 1. The van der Waals surface area contributed by atoms with E-state index in [1.54, 1.807) is 21.2 Å². The van der Waals surface area contributed by atoms with Gasteiger partial charge in [0.2, 0.25) is 4.96 Å². The Bertz CT molecular complexity index is 1030. The average Bonchev–Trinajstić information content (AvgIpc) is 3.33. The zero-order valence-electron chi connectivity index (χ0n) is 16.5. The summed E-state index contributed by atoms with van der Waals surface area (Å²) in [5.41, 5.74) is 0.607. The number of likely N-dealkylation sites (tertiary alicyclic amines) is 1. The molecule has 3 heterocycles. The molecule has 1 saturated heterocycles. The summed E-state index contributed by atoms with van der Waals surface area (Å²) in [6.45, 7) is 6.26. The Hall–Kier alpha value is -1.84. The Morgan fingerprint density at radius 3 is 2.97 bits per heavy atom. The quantitative estimate of drug-likeness (QED) is 0.507. The van der Waals surface area contributed by atoms with E-state index in [-0.39, 0.29) is 12.1 Å². The molecule has 0 bridgehead atoms. The fraction of sp³-hybridized carbons (Fsp3) is 0.474. The number of amides is 1. The van der Waals surface area contributed by atoms with E-state index in [0.717, 1.165) is 38.5 Å². The van der Waals surface area contributed by atoms with Crippen molar-refractivity contribution in [2.24, 2.45) is 0 Å². The predicted octanol–water partition coefficient (Wildman–Crippen LogP) is 5.20. The van der Waals surface area contributed by atoms with Gasteiger partial charge in [0.25, 0.3) is 0 Å². The van der Waals surface area contributed by atoms with Crippen molar-refractivity contribution in [2.45, 2.75) is 55.3 Å². The second-order valence-corrected chi connectivity index (χ2v) is 10.5. The number of carbonyl (C=O) groups excluding carboxylic acids is 1. The summed E-state index contributed by atoms with van der Waals surface area (Å²) < 4.78 is 8.22. The Balaban J connectivity index is 1.51. The molecule has 10 heteroatoms. The molecule has 4 rings (SSSR count). The second kappa shape index (κ2) is 8.12. The maximum absolute atomic E-state index is 12.6. The van der Waals surface area contributed by atoms with E-state index >= 15 is 0 Å². The maximum Gasteiger partial charge on any atom is 0.410 e. The SMILES string of the molecule is CC(C)(C)OC(=O)N1CCCC1c1nnc2sc(SCc3cccc(Cl)c3)nn12. The van der Waals surface area contributed by atoms with Crippen LogP contribution in [0.3, 0.4) is 0 Å². The van der Waals surface area contributed by atoms with Crippen LogP contribution in [0.5, 0.6) is 0 Å². The van der Waals surface area contributed by atoms with Crippen molar-refractivity contribution in [2.75, 3.05) is 6.54 Å². The van der Waals surface area contributed by atoms with Crippen LogP contribution >= 0.6 is 34.7 Å². The highest BCUT2D eigenvalue weighted by molar-refractivity contribution is 8.00. The molecule has 1 atom stereocenters. The van der Waals surface area contributed by atoms with Crippen molar-refractivity contribution < 1.29 is 9.53 Å². The van der Waals surface area contributed by atoms with Crippen molar-refractivity contribution >= 4 is 45.8 Å². The normalized spacial score (nSPS) is 17.2. The number of benzene rings is 1. The predicted molar refractivity (Wildman–Crippen MR) is 115 cm³/mol.